The predicted octanol–water partition coefficient (Wildman–Crippen LogP) is 3.51. The molecule has 2 heteroatoms. The van der Waals surface area contributed by atoms with E-state index in [-0.39, 0.29) is 0 Å². The Bertz CT molecular complexity index is 463. The predicted molar refractivity (Wildman–Crippen MR) is 56.2 cm³/mol. The summed E-state index contributed by atoms with van der Waals surface area (Å²) < 4.78 is 0. The molecule has 1 heterocycles. The first-order valence-electron chi connectivity index (χ1n) is 4.20. The number of nitrogens with zero attached hydrogens (tertiary/aromatic N) is 1. The minimum atomic E-state index is 0.814. The molecule has 0 saturated heterocycles. The molecule has 0 amide bonds. The molecular weight excluding hydrogens is 182 g/mol. The highest BCUT2D eigenvalue weighted by molar-refractivity contribution is 6.36. The van der Waals surface area contributed by atoms with Crippen molar-refractivity contribution in [3.63, 3.8) is 0 Å². The summed E-state index contributed by atoms with van der Waals surface area (Å²) in [7, 11) is 0. The summed E-state index contributed by atoms with van der Waals surface area (Å²) in [5, 5.41) is 1.86. The van der Waals surface area contributed by atoms with Crippen LogP contribution in [0.4, 0.5) is 0 Å². The fourth-order valence-electron chi connectivity index (χ4n) is 1.44. The minimum Gasteiger partial charge on any atom is -0.256 e. The summed E-state index contributed by atoms with van der Waals surface area (Å²) in [5.74, 6) is 0. The van der Waals surface area contributed by atoms with Gasteiger partial charge in [0.2, 0.25) is 0 Å². The molecule has 2 rings (SSSR count). The Morgan fingerprint density at radius 3 is 2.69 bits per heavy atom. The summed E-state index contributed by atoms with van der Waals surface area (Å²) in [6.07, 6.45) is 1.82. The molecule has 0 unspecified atom stereocenters. The number of pyridine rings is 1. The van der Waals surface area contributed by atoms with Crippen molar-refractivity contribution in [1.82, 2.24) is 4.98 Å². The Balaban J connectivity index is 2.94. The van der Waals surface area contributed by atoms with Crippen LogP contribution < -0.4 is 0 Å². The van der Waals surface area contributed by atoms with Gasteiger partial charge in [0.05, 0.1) is 10.5 Å². The van der Waals surface area contributed by atoms with Gasteiger partial charge in [-0.3, -0.25) is 4.98 Å². The second-order valence-electron chi connectivity index (χ2n) is 3.23. The van der Waals surface area contributed by atoms with Gasteiger partial charge in [-0.05, 0) is 25.0 Å². The smallest absolute Gasteiger partial charge is 0.0746 e. The lowest BCUT2D eigenvalue weighted by Crippen LogP contribution is -1.86. The zero-order valence-corrected chi connectivity index (χ0v) is 8.39. The Morgan fingerprint density at radius 1 is 1.15 bits per heavy atom. The van der Waals surface area contributed by atoms with Crippen molar-refractivity contribution >= 4 is 22.5 Å². The van der Waals surface area contributed by atoms with Crippen molar-refractivity contribution in [3.8, 4) is 0 Å². The van der Waals surface area contributed by atoms with E-state index in [1.165, 1.54) is 5.56 Å². The van der Waals surface area contributed by atoms with Gasteiger partial charge in [0.25, 0.3) is 0 Å². The van der Waals surface area contributed by atoms with Crippen LogP contribution in [0.5, 0.6) is 0 Å². The van der Waals surface area contributed by atoms with Crippen molar-refractivity contribution in [3.05, 3.63) is 40.5 Å². The highest BCUT2D eigenvalue weighted by Crippen LogP contribution is 2.26. The second kappa shape index (κ2) is 3.00. The van der Waals surface area contributed by atoms with Crippen LogP contribution in [-0.2, 0) is 0 Å². The maximum atomic E-state index is 6.16. The normalized spacial score (nSPS) is 10.7. The van der Waals surface area contributed by atoms with Gasteiger partial charge in [-0.2, -0.15) is 0 Å². The summed E-state index contributed by atoms with van der Waals surface area (Å²) in [6, 6.07) is 6.05. The summed E-state index contributed by atoms with van der Waals surface area (Å²) in [4.78, 5) is 4.36. The quantitative estimate of drug-likeness (QED) is 0.621. The Hall–Kier alpha value is -1.08. The molecule has 0 bridgehead atoms. The number of aryl methyl sites for hydroxylation is 2. The molecule has 0 fully saturated rings. The summed E-state index contributed by atoms with van der Waals surface area (Å²) >= 11 is 6.16. The number of rotatable bonds is 0. The number of fused-ring (bicyclic) bond motifs is 1. The molecule has 0 aliphatic heterocycles. The van der Waals surface area contributed by atoms with Crippen molar-refractivity contribution in [2.45, 2.75) is 13.8 Å². The van der Waals surface area contributed by atoms with Gasteiger partial charge in [-0.1, -0.05) is 29.8 Å². The van der Waals surface area contributed by atoms with Crippen molar-refractivity contribution in [2.75, 3.05) is 0 Å². The minimum absolute atomic E-state index is 0.814. The molecule has 0 atom stereocenters. The van der Waals surface area contributed by atoms with Crippen LogP contribution in [0.2, 0.25) is 5.02 Å². The topological polar surface area (TPSA) is 12.9 Å². The zero-order valence-electron chi connectivity index (χ0n) is 7.63. The number of halogens is 1. The number of hydrogen-bond donors (Lipinski definition) is 0. The fraction of sp³-hybridized carbons (Fsp3) is 0.182. The lowest BCUT2D eigenvalue weighted by atomic mass is 10.1. The number of benzene rings is 1. The van der Waals surface area contributed by atoms with Crippen LogP contribution in [-0.4, -0.2) is 4.98 Å². The van der Waals surface area contributed by atoms with Crippen LogP contribution in [0.25, 0.3) is 10.9 Å². The molecular formula is C11H10ClN. The van der Waals surface area contributed by atoms with E-state index in [4.69, 9.17) is 11.6 Å². The largest absolute Gasteiger partial charge is 0.256 e. The Kier molecular flexibility index (Phi) is 1.97. The van der Waals surface area contributed by atoms with E-state index >= 15 is 0 Å². The van der Waals surface area contributed by atoms with Gasteiger partial charge in [0.1, 0.15) is 0 Å². The first-order valence-corrected chi connectivity index (χ1v) is 4.58. The molecule has 0 spiro atoms. The lowest BCUT2D eigenvalue weighted by Gasteiger charge is -2.04. The molecule has 1 aromatic heterocycles. The molecule has 1 nitrogen and oxygen atoms in total. The number of aromatic nitrogens is 1. The summed E-state index contributed by atoms with van der Waals surface area (Å²) in [6.45, 7) is 4.01. The van der Waals surface area contributed by atoms with Gasteiger partial charge < -0.3 is 0 Å². The molecule has 0 aliphatic rings. The van der Waals surface area contributed by atoms with Crippen LogP contribution in [0.1, 0.15) is 11.1 Å². The van der Waals surface area contributed by atoms with E-state index in [0.29, 0.717) is 0 Å². The van der Waals surface area contributed by atoms with Gasteiger partial charge in [0.15, 0.2) is 0 Å². The molecule has 1 aromatic carbocycles. The maximum absolute atomic E-state index is 6.16. The van der Waals surface area contributed by atoms with Crippen molar-refractivity contribution in [1.29, 1.82) is 0 Å². The maximum Gasteiger partial charge on any atom is 0.0746 e. The zero-order chi connectivity index (χ0) is 9.42. The highest BCUT2D eigenvalue weighted by atomic mass is 35.5. The van der Waals surface area contributed by atoms with E-state index in [9.17, 15) is 0 Å². The van der Waals surface area contributed by atoms with Gasteiger partial charge in [-0.25, -0.2) is 0 Å². The third kappa shape index (κ3) is 1.29. The molecule has 0 saturated carbocycles. The van der Waals surface area contributed by atoms with Gasteiger partial charge >= 0.3 is 0 Å². The van der Waals surface area contributed by atoms with E-state index < -0.39 is 0 Å². The van der Waals surface area contributed by atoms with E-state index in [2.05, 4.69) is 4.98 Å². The molecule has 0 radical (unpaired) electrons. The highest BCUT2D eigenvalue weighted by Gasteiger charge is 2.04. The van der Waals surface area contributed by atoms with E-state index in [1.54, 1.807) is 0 Å². The Labute approximate surface area is 82.4 Å². The monoisotopic (exact) mass is 191 g/mol. The lowest BCUT2D eigenvalue weighted by molar-refractivity contribution is 1.31. The van der Waals surface area contributed by atoms with Crippen molar-refractivity contribution < 1.29 is 0 Å². The molecule has 66 valence electrons. The molecule has 0 N–H and O–H groups in total. The van der Waals surface area contributed by atoms with Crippen LogP contribution in [0, 0.1) is 13.8 Å². The van der Waals surface area contributed by atoms with Crippen LogP contribution >= 0.6 is 11.6 Å². The first-order chi connectivity index (χ1) is 6.20. The SMILES string of the molecule is Cc1cnc2c(C)cccc2c1Cl. The van der Waals surface area contributed by atoms with Gasteiger partial charge in [0, 0.05) is 11.6 Å². The molecule has 13 heavy (non-hydrogen) atoms. The fourth-order valence-corrected chi connectivity index (χ4v) is 1.64. The number of para-hydroxylation sites is 1. The molecule has 0 aliphatic carbocycles. The van der Waals surface area contributed by atoms with Crippen LogP contribution in [0.15, 0.2) is 24.4 Å². The third-order valence-electron chi connectivity index (χ3n) is 2.21. The standard InChI is InChI=1S/C11H10ClN/c1-7-4-3-5-9-10(12)8(2)6-13-11(7)9/h3-6H,1-2H3. The van der Waals surface area contributed by atoms with Gasteiger partial charge in [-0.15, -0.1) is 0 Å². The third-order valence-corrected chi connectivity index (χ3v) is 2.71. The van der Waals surface area contributed by atoms with E-state index in [1.807, 2.05) is 38.2 Å². The van der Waals surface area contributed by atoms with E-state index in [0.717, 1.165) is 21.5 Å². The average molecular weight is 192 g/mol. The first kappa shape index (κ1) is 8.52. The average Bonchev–Trinajstić information content (AvgIpc) is 2.12. The Morgan fingerprint density at radius 2 is 1.92 bits per heavy atom. The van der Waals surface area contributed by atoms with Crippen LogP contribution in [0.3, 0.4) is 0 Å². The number of hydrogen-bond acceptors (Lipinski definition) is 1. The molecule has 2 aromatic rings. The van der Waals surface area contributed by atoms with Crippen molar-refractivity contribution in [2.24, 2.45) is 0 Å². The second-order valence-corrected chi connectivity index (χ2v) is 3.60. The summed E-state index contributed by atoms with van der Waals surface area (Å²) in [5.41, 5.74) is 3.19.